The number of benzene rings is 1. The van der Waals surface area contributed by atoms with Gasteiger partial charge in [0.2, 0.25) is 0 Å². The van der Waals surface area contributed by atoms with Gasteiger partial charge in [-0.2, -0.15) is 0 Å². The molecule has 0 saturated heterocycles. The lowest BCUT2D eigenvalue weighted by Crippen LogP contribution is -2.32. The van der Waals surface area contributed by atoms with Crippen LogP contribution in [0, 0.1) is 6.92 Å². The zero-order chi connectivity index (χ0) is 16.4. The third kappa shape index (κ3) is 3.19. The first-order valence-electron chi connectivity index (χ1n) is 7.75. The van der Waals surface area contributed by atoms with E-state index in [0.717, 1.165) is 31.0 Å². The zero-order valence-corrected chi connectivity index (χ0v) is 13.4. The van der Waals surface area contributed by atoms with Crippen molar-refractivity contribution in [2.45, 2.75) is 19.9 Å². The Hall–Kier alpha value is -2.40. The normalized spacial score (nSPS) is 14.0. The number of furan rings is 1. The number of imide groups is 1. The highest BCUT2D eigenvalue weighted by Crippen LogP contribution is 2.22. The van der Waals surface area contributed by atoms with Crippen molar-refractivity contribution < 1.29 is 14.0 Å². The average Bonchev–Trinajstić information content (AvgIpc) is 3.04. The summed E-state index contributed by atoms with van der Waals surface area (Å²) in [4.78, 5) is 28.0. The number of fused-ring (bicyclic) bond motifs is 1. The maximum atomic E-state index is 12.3. The molecule has 0 radical (unpaired) electrons. The summed E-state index contributed by atoms with van der Waals surface area (Å²) in [5.74, 6) is 1.45. The van der Waals surface area contributed by atoms with E-state index in [0.29, 0.717) is 17.7 Å². The molecule has 0 spiro atoms. The first kappa shape index (κ1) is 15.5. The Morgan fingerprint density at radius 2 is 1.70 bits per heavy atom. The summed E-state index contributed by atoms with van der Waals surface area (Å²) >= 11 is 0. The minimum atomic E-state index is -0.185. The summed E-state index contributed by atoms with van der Waals surface area (Å²) in [6, 6.07) is 10.9. The minimum Gasteiger partial charge on any atom is -0.465 e. The molecule has 0 N–H and O–H groups in total. The third-order valence-electron chi connectivity index (χ3n) is 4.02. The van der Waals surface area contributed by atoms with Gasteiger partial charge in [0.1, 0.15) is 11.5 Å². The Bertz CT molecular complexity index is 700. The van der Waals surface area contributed by atoms with Gasteiger partial charge in [-0.15, -0.1) is 0 Å². The second kappa shape index (κ2) is 6.38. The standard InChI is InChI=1S/C18H20N2O3/c1-13-8-9-14(23-13)12-19(2)10-5-11-20-17(21)15-6-3-4-7-16(15)18(20)22/h3-4,6-9H,5,10-12H2,1-2H3. The summed E-state index contributed by atoms with van der Waals surface area (Å²) in [5.41, 5.74) is 1.02. The van der Waals surface area contributed by atoms with Gasteiger partial charge in [0.25, 0.3) is 11.8 Å². The zero-order valence-electron chi connectivity index (χ0n) is 13.4. The second-order valence-corrected chi connectivity index (χ2v) is 5.91. The van der Waals surface area contributed by atoms with Crippen molar-refractivity contribution in [3.63, 3.8) is 0 Å². The lowest BCUT2D eigenvalue weighted by molar-refractivity contribution is 0.0647. The minimum absolute atomic E-state index is 0.185. The van der Waals surface area contributed by atoms with E-state index in [-0.39, 0.29) is 11.8 Å². The molecule has 1 aromatic heterocycles. The molecule has 1 aromatic carbocycles. The van der Waals surface area contributed by atoms with Gasteiger partial charge in [-0.05, 0) is 44.7 Å². The van der Waals surface area contributed by atoms with Crippen LogP contribution in [0.1, 0.15) is 38.7 Å². The van der Waals surface area contributed by atoms with Gasteiger partial charge in [0.05, 0.1) is 17.7 Å². The molecule has 1 aliphatic rings. The molecule has 0 atom stereocenters. The number of aryl methyl sites for hydroxylation is 1. The number of amides is 2. The predicted octanol–water partition coefficient (Wildman–Crippen LogP) is 2.71. The van der Waals surface area contributed by atoms with E-state index >= 15 is 0 Å². The Morgan fingerprint density at radius 3 is 2.26 bits per heavy atom. The summed E-state index contributed by atoms with van der Waals surface area (Å²) in [6.07, 6.45) is 0.738. The molecule has 23 heavy (non-hydrogen) atoms. The number of hydrogen-bond acceptors (Lipinski definition) is 4. The van der Waals surface area contributed by atoms with Gasteiger partial charge in [-0.1, -0.05) is 12.1 Å². The molecular weight excluding hydrogens is 292 g/mol. The number of nitrogens with zero attached hydrogens (tertiary/aromatic N) is 2. The van der Waals surface area contributed by atoms with Crippen LogP contribution in [0.5, 0.6) is 0 Å². The van der Waals surface area contributed by atoms with Crippen LogP contribution in [0.15, 0.2) is 40.8 Å². The highest BCUT2D eigenvalue weighted by Gasteiger charge is 2.34. The van der Waals surface area contributed by atoms with E-state index in [1.165, 1.54) is 4.90 Å². The van der Waals surface area contributed by atoms with E-state index in [2.05, 4.69) is 4.90 Å². The lowest BCUT2D eigenvalue weighted by Gasteiger charge is -2.18. The molecule has 2 heterocycles. The van der Waals surface area contributed by atoms with Crippen molar-refractivity contribution >= 4 is 11.8 Å². The van der Waals surface area contributed by atoms with Crippen LogP contribution in [0.4, 0.5) is 0 Å². The predicted molar refractivity (Wildman–Crippen MR) is 86.2 cm³/mol. The highest BCUT2D eigenvalue weighted by molar-refractivity contribution is 6.21. The SMILES string of the molecule is Cc1ccc(CN(C)CCCN2C(=O)c3ccccc3C2=O)o1. The molecular formula is C18H20N2O3. The van der Waals surface area contributed by atoms with Gasteiger partial charge >= 0.3 is 0 Å². The number of rotatable bonds is 6. The van der Waals surface area contributed by atoms with Gasteiger partial charge in [-0.25, -0.2) is 0 Å². The molecule has 2 amide bonds. The third-order valence-corrected chi connectivity index (χ3v) is 4.02. The van der Waals surface area contributed by atoms with Crippen molar-refractivity contribution in [3.8, 4) is 0 Å². The van der Waals surface area contributed by atoms with Crippen LogP contribution in [0.3, 0.4) is 0 Å². The van der Waals surface area contributed by atoms with Crippen LogP contribution in [0.25, 0.3) is 0 Å². The molecule has 0 unspecified atom stereocenters. The summed E-state index contributed by atoms with van der Waals surface area (Å²) in [7, 11) is 2.00. The molecule has 5 heteroatoms. The smallest absolute Gasteiger partial charge is 0.261 e. The fourth-order valence-electron chi connectivity index (χ4n) is 2.86. The van der Waals surface area contributed by atoms with E-state index in [9.17, 15) is 9.59 Å². The van der Waals surface area contributed by atoms with Gasteiger partial charge in [-0.3, -0.25) is 19.4 Å². The Morgan fingerprint density at radius 1 is 1.04 bits per heavy atom. The summed E-state index contributed by atoms with van der Waals surface area (Å²) in [5, 5.41) is 0. The van der Waals surface area contributed by atoms with Crippen LogP contribution >= 0.6 is 0 Å². The molecule has 2 aromatic rings. The van der Waals surface area contributed by atoms with Crippen molar-refractivity contribution in [3.05, 3.63) is 59.0 Å². The van der Waals surface area contributed by atoms with Crippen molar-refractivity contribution in [1.29, 1.82) is 0 Å². The summed E-state index contributed by atoms with van der Waals surface area (Å²) in [6.45, 7) is 3.86. The van der Waals surface area contributed by atoms with Crippen LogP contribution in [-0.2, 0) is 6.54 Å². The Kier molecular flexibility index (Phi) is 4.30. The first-order valence-corrected chi connectivity index (χ1v) is 7.75. The average molecular weight is 312 g/mol. The van der Waals surface area contributed by atoms with E-state index in [4.69, 9.17) is 4.42 Å². The maximum absolute atomic E-state index is 12.3. The highest BCUT2D eigenvalue weighted by atomic mass is 16.3. The molecule has 0 bridgehead atoms. The molecule has 0 fully saturated rings. The lowest BCUT2D eigenvalue weighted by atomic mass is 10.1. The van der Waals surface area contributed by atoms with Crippen LogP contribution in [-0.4, -0.2) is 41.8 Å². The Labute approximate surface area is 135 Å². The number of hydrogen-bond donors (Lipinski definition) is 0. The number of carbonyl (C=O) groups excluding carboxylic acids is 2. The molecule has 0 aliphatic carbocycles. The van der Waals surface area contributed by atoms with Gasteiger partial charge < -0.3 is 4.42 Å². The Balaban J connectivity index is 1.51. The molecule has 3 rings (SSSR count). The molecule has 120 valence electrons. The fourth-order valence-corrected chi connectivity index (χ4v) is 2.86. The number of carbonyl (C=O) groups is 2. The van der Waals surface area contributed by atoms with E-state index in [1.54, 1.807) is 24.3 Å². The van der Waals surface area contributed by atoms with Crippen LogP contribution < -0.4 is 0 Å². The molecule has 5 nitrogen and oxygen atoms in total. The van der Waals surface area contributed by atoms with Crippen molar-refractivity contribution in [2.24, 2.45) is 0 Å². The quantitative estimate of drug-likeness (QED) is 0.770. The van der Waals surface area contributed by atoms with Crippen molar-refractivity contribution in [2.75, 3.05) is 20.1 Å². The largest absolute Gasteiger partial charge is 0.465 e. The van der Waals surface area contributed by atoms with Gasteiger partial charge in [0, 0.05) is 13.1 Å². The second-order valence-electron chi connectivity index (χ2n) is 5.91. The maximum Gasteiger partial charge on any atom is 0.261 e. The van der Waals surface area contributed by atoms with E-state index in [1.807, 2.05) is 26.1 Å². The van der Waals surface area contributed by atoms with Crippen LogP contribution in [0.2, 0.25) is 0 Å². The summed E-state index contributed by atoms with van der Waals surface area (Å²) < 4.78 is 5.55. The first-order chi connectivity index (χ1) is 11.1. The molecule has 1 aliphatic heterocycles. The topological polar surface area (TPSA) is 53.8 Å². The van der Waals surface area contributed by atoms with E-state index < -0.39 is 0 Å². The molecule has 0 saturated carbocycles. The van der Waals surface area contributed by atoms with Gasteiger partial charge in [0.15, 0.2) is 0 Å². The fraction of sp³-hybridized carbons (Fsp3) is 0.333. The van der Waals surface area contributed by atoms with Crippen molar-refractivity contribution in [1.82, 2.24) is 9.80 Å². The monoisotopic (exact) mass is 312 g/mol.